The fraction of sp³-hybridized carbons (Fsp3) is 0.800. The molecule has 0 aromatic rings. The van der Waals surface area contributed by atoms with Gasteiger partial charge in [-0.2, -0.15) is 0 Å². The molecule has 1 rings (SSSR count). The van der Waals surface area contributed by atoms with Crippen LogP contribution in [0.25, 0.3) is 0 Å². The quantitative estimate of drug-likeness (QED) is 0.579. The highest BCUT2D eigenvalue weighted by molar-refractivity contribution is 5.00. The first-order valence-electron chi connectivity index (χ1n) is 4.05. The second kappa shape index (κ2) is 4.55. The molecule has 0 aliphatic heterocycles. The smallest absolute Gasteiger partial charge is 0.0605 e. The van der Waals surface area contributed by atoms with Gasteiger partial charge in [-0.15, -0.1) is 0 Å². The first kappa shape index (κ1) is 10.7. The number of hydrogen-bond acceptors (Lipinski definition) is 1. The van der Waals surface area contributed by atoms with E-state index in [0.29, 0.717) is 5.92 Å². The van der Waals surface area contributed by atoms with Gasteiger partial charge in [-0.25, -0.2) is 0 Å². The van der Waals surface area contributed by atoms with E-state index in [1.165, 1.54) is 12.8 Å². The van der Waals surface area contributed by atoms with E-state index in [-0.39, 0.29) is 13.5 Å². The summed E-state index contributed by atoms with van der Waals surface area (Å²) in [5, 5.41) is 9.48. The van der Waals surface area contributed by atoms with E-state index in [2.05, 4.69) is 6.58 Å². The highest BCUT2D eigenvalue weighted by atomic mass is 16.3. The monoisotopic (exact) mass is 156 g/mol. The summed E-state index contributed by atoms with van der Waals surface area (Å²) in [6.45, 7) is 5.88. The van der Waals surface area contributed by atoms with E-state index in [4.69, 9.17) is 0 Å². The van der Waals surface area contributed by atoms with Crippen LogP contribution in [-0.2, 0) is 0 Å². The van der Waals surface area contributed by atoms with Gasteiger partial charge in [-0.3, -0.25) is 0 Å². The van der Waals surface area contributed by atoms with Crippen molar-refractivity contribution in [3.05, 3.63) is 12.2 Å². The molecule has 0 aromatic carbocycles. The molecule has 2 unspecified atom stereocenters. The Morgan fingerprint density at radius 1 is 1.36 bits per heavy atom. The van der Waals surface area contributed by atoms with E-state index in [9.17, 15) is 5.11 Å². The van der Waals surface area contributed by atoms with E-state index in [1.54, 1.807) is 0 Å². The average molecular weight is 156 g/mol. The Kier molecular flexibility index (Phi) is 4.43. The standard InChI is InChI=1S/C9H16O.CH4/c1-7(2)8-5-3-4-6-9(8)10;/h8-10H,1,3-6H2,2H3;1H4. The van der Waals surface area contributed by atoms with Gasteiger partial charge in [0.25, 0.3) is 0 Å². The van der Waals surface area contributed by atoms with E-state index >= 15 is 0 Å². The summed E-state index contributed by atoms with van der Waals surface area (Å²) in [7, 11) is 0. The minimum Gasteiger partial charge on any atom is -0.393 e. The largest absolute Gasteiger partial charge is 0.393 e. The van der Waals surface area contributed by atoms with Crippen LogP contribution in [0.1, 0.15) is 40.0 Å². The van der Waals surface area contributed by atoms with Gasteiger partial charge < -0.3 is 5.11 Å². The molecule has 1 fully saturated rings. The molecule has 0 radical (unpaired) electrons. The molecule has 0 spiro atoms. The summed E-state index contributed by atoms with van der Waals surface area (Å²) in [6, 6.07) is 0. The Morgan fingerprint density at radius 3 is 2.27 bits per heavy atom. The normalized spacial score (nSPS) is 30.7. The van der Waals surface area contributed by atoms with Gasteiger partial charge in [-0.05, 0) is 19.8 Å². The third-order valence-corrected chi connectivity index (χ3v) is 2.36. The molecule has 1 N–H and O–H groups in total. The molecule has 1 heteroatoms. The van der Waals surface area contributed by atoms with Crippen LogP contribution >= 0.6 is 0 Å². The lowest BCUT2D eigenvalue weighted by Crippen LogP contribution is -2.24. The summed E-state index contributed by atoms with van der Waals surface area (Å²) < 4.78 is 0. The first-order valence-corrected chi connectivity index (χ1v) is 4.05. The maximum atomic E-state index is 9.48. The van der Waals surface area contributed by atoms with Crippen LogP contribution in [0.5, 0.6) is 0 Å². The van der Waals surface area contributed by atoms with Gasteiger partial charge in [0, 0.05) is 5.92 Å². The molecule has 1 aliphatic carbocycles. The number of hydrogen-bond donors (Lipinski definition) is 1. The van der Waals surface area contributed by atoms with Crippen molar-refractivity contribution >= 4 is 0 Å². The lowest BCUT2D eigenvalue weighted by atomic mass is 9.83. The van der Waals surface area contributed by atoms with Crippen molar-refractivity contribution in [2.75, 3.05) is 0 Å². The summed E-state index contributed by atoms with van der Waals surface area (Å²) in [5.41, 5.74) is 1.15. The van der Waals surface area contributed by atoms with Crippen LogP contribution in [0.3, 0.4) is 0 Å². The van der Waals surface area contributed by atoms with Gasteiger partial charge in [0.1, 0.15) is 0 Å². The van der Waals surface area contributed by atoms with Crippen LogP contribution in [0, 0.1) is 5.92 Å². The van der Waals surface area contributed by atoms with Crippen molar-refractivity contribution in [2.24, 2.45) is 5.92 Å². The zero-order valence-corrected chi connectivity index (χ0v) is 6.64. The predicted molar refractivity (Wildman–Crippen MR) is 49.5 cm³/mol. The Hall–Kier alpha value is -0.300. The van der Waals surface area contributed by atoms with Gasteiger partial charge in [-0.1, -0.05) is 32.4 Å². The maximum absolute atomic E-state index is 9.48. The van der Waals surface area contributed by atoms with Crippen molar-refractivity contribution in [3.8, 4) is 0 Å². The van der Waals surface area contributed by atoms with Crippen LogP contribution in [-0.4, -0.2) is 11.2 Å². The van der Waals surface area contributed by atoms with Gasteiger partial charge in [0.2, 0.25) is 0 Å². The number of aliphatic hydroxyl groups excluding tert-OH is 1. The molecule has 66 valence electrons. The fourth-order valence-electron chi connectivity index (χ4n) is 1.69. The lowest BCUT2D eigenvalue weighted by molar-refractivity contribution is 0.0877. The third-order valence-electron chi connectivity index (χ3n) is 2.36. The third kappa shape index (κ3) is 2.66. The highest BCUT2D eigenvalue weighted by Gasteiger charge is 2.22. The van der Waals surface area contributed by atoms with Crippen LogP contribution in [0.2, 0.25) is 0 Å². The van der Waals surface area contributed by atoms with Crippen LogP contribution in [0.4, 0.5) is 0 Å². The van der Waals surface area contributed by atoms with E-state index in [1.807, 2.05) is 6.92 Å². The molecule has 11 heavy (non-hydrogen) atoms. The molecular formula is C10H20O. The molecule has 0 heterocycles. The molecule has 1 saturated carbocycles. The molecule has 0 bridgehead atoms. The second-order valence-corrected chi connectivity index (χ2v) is 3.30. The molecule has 1 aliphatic rings. The lowest BCUT2D eigenvalue weighted by Gasteiger charge is -2.27. The zero-order chi connectivity index (χ0) is 7.56. The Bertz CT molecular complexity index is 129. The first-order chi connectivity index (χ1) is 4.72. The van der Waals surface area contributed by atoms with E-state index in [0.717, 1.165) is 18.4 Å². The van der Waals surface area contributed by atoms with Crippen molar-refractivity contribution in [3.63, 3.8) is 0 Å². The van der Waals surface area contributed by atoms with E-state index < -0.39 is 0 Å². The zero-order valence-electron chi connectivity index (χ0n) is 6.64. The topological polar surface area (TPSA) is 20.2 Å². The van der Waals surface area contributed by atoms with Crippen LogP contribution in [0.15, 0.2) is 12.2 Å². The second-order valence-electron chi connectivity index (χ2n) is 3.30. The SMILES string of the molecule is C.C=C(C)C1CCCCC1O. The Morgan fingerprint density at radius 2 is 1.91 bits per heavy atom. The number of rotatable bonds is 1. The minimum atomic E-state index is -0.105. The highest BCUT2D eigenvalue weighted by Crippen LogP contribution is 2.28. The summed E-state index contributed by atoms with van der Waals surface area (Å²) >= 11 is 0. The molecule has 1 nitrogen and oxygen atoms in total. The van der Waals surface area contributed by atoms with Crippen molar-refractivity contribution in [1.29, 1.82) is 0 Å². The number of aliphatic hydroxyl groups is 1. The molecule has 0 aromatic heterocycles. The maximum Gasteiger partial charge on any atom is 0.0605 e. The predicted octanol–water partition coefficient (Wildman–Crippen LogP) is 2.75. The van der Waals surface area contributed by atoms with Crippen molar-refractivity contribution in [1.82, 2.24) is 0 Å². The van der Waals surface area contributed by atoms with Crippen molar-refractivity contribution < 1.29 is 5.11 Å². The summed E-state index contributed by atoms with van der Waals surface area (Å²) in [4.78, 5) is 0. The minimum absolute atomic E-state index is 0. The summed E-state index contributed by atoms with van der Waals surface area (Å²) in [5.74, 6) is 0.383. The van der Waals surface area contributed by atoms with Gasteiger partial charge in [0.15, 0.2) is 0 Å². The molecule has 0 saturated heterocycles. The molecular weight excluding hydrogens is 136 g/mol. The van der Waals surface area contributed by atoms with Gasteiger partial charge in [0.05, 0.1) is 6.10 Å². The van der Waals surface area contributed by atoms with Crippen molar-refractivity contribution in [2.45, 2.75) is 46.1 Å². The van der Waals surface area contributed by atoms with Gasteiger partial charge >= 0.3 is 0 Å². The molecule has 0 amide bonds. The fourth-order valence-corrected chi connectivity index (χ4v) is 1.69. The molecule has 2 atom stereocenters. The summed E-state index contributed by atoms with van der Waals surface area (Å²) in [6.07, 6.45) is 4.44. The van der Waals surface area contributed by atoms with Crippen LogP contribution < -0.4 is 0 Å². The Labute approximate surface area is 70.1 Å². The average Bonchev–Trinajstić information content (AvgIpc) is 1.88. The Balaban J connectivity index is 0.000001000.